The van der Waals surface area contributed by atoms with Crippen LogP contribution in [0.15, 0.2) is 36.5 Å². The second kappa shape index (κ2) is 5.53. The van der Waals surface area contributed by atoms with Gasteiger partial charge in [0.2, 0.25) is 5.78 Å². The molecule has 1 heterocycles. The number of aromatic nitrogens is 1. The minimum absolute atomic E-state index is 0.00946. The molecule has 1 aromatic carbocycles. The van der Waals surface area contributed by atoms with Gasteiger partial charge in [-0.25, -0.2) is 0 Å². The molecule has 3 nitrogen and oxygen atoms in total. The van der Waals surface area contributed by atoms with Crippen molar-refractivity contribution in [2.45, 2.75) is 25.7 Å². The summed E-state index contributed by atoms with van der Waals surface area (Å²) in [5.41, 5.74) is 3.49. The second-order valence-electron chi connectivity index (χ2n) is 5.35. The van der Waals surface area contributed by atoms with Crippen LogP contribution in [0.1, 0.15) is 34.5 Å². The molecule has 0 atom stereocenters. The lowest BCUT2D eigenvalue weighted by molar-refractivity contribution is 0.0913. The summed E-state index contributed by atoms with van der Waals surface area (Å²) in [4.78, 5) is 12.0. The lowest BCUT2D eigenvalue weighted by Gasteiger charge is -2.16. The molecule has 0 fully saturated rings. The van der Waals surface area contributed by atoms with Gasteiger partial charge in [-0.3, -0.25) is 4.79 Å². The fraction of sp³-hybridized carbons (Fsp3) is 0.353. The summed E-state index contributed by atoms with van der Waals surface area (Å²) in [5.74, 6) is 0.809. The number of nitrogens with zero attached hydrogens (tertiary/aromatic N) is 1. The van der Waals surface area contributed by atoms with E-state index in [1.54, 1.807) is 0 Å². The molecule has 1 aromatic heterocycles. The summed E-state index contributed by atoms with van der Waals surface area (Å²) in [6.45, 7) is 0.0939. The Kier molecular flexibility index (Phi) is 3.59. The van der Waals surface area contributed by atoms with Crippen LogP contribution in [-0.4, -0.2) is 17.0 Å². The number of benzene rings is 1. The number of ether oxygens (including phenoxy) is 1. The molecule has 0 radical (unpaired) electrons. The first-order valence-corrected chi connectivity index (χ1v) is 7.13. The van der Waals surface area contributed by atoms with E-state index in [-0.39, 0.29) is 12.4 Å². The van der Waals surface area contributed by atoms with E-state index in [1.165, 1.54) is 24.0 Å². The van der Waals surface area contributed by atoms with Crippen molar-refractivity contribution in [3.8, 4) is 5.75 Å². The maximum Gasteiger partial charge on any atom is 0.216 e. The molecule has 0 amide bonds. The van der Waals surface area contributed by atoms with Crippen LogP contribution >= 0.6 is 0 Å². The molecule has 0 saturated carbocycles. The van der Waals surface area contributed by atoms with E-state index in [9.17, 15) is 4.79 Å². The van der Waals surface area contributed by atoms with Gasteiger partial charge in [-0.15, -0.1) is 0 Å². The highest BCUT2D eigenvalue weighted by molar-refractivity contribution is 5.95. The number of Topliss-reactive ketones (excluding diaryl/α,β-unsaturated/α-hetero) is 1. The van der Waals surface area contributed by atoms with Crippen LogP contribution in [0.3, 0.4) is 0 Å². The van der Waals surface area contributed by atoms with E-state index >= 15 is 0 Å². The molecule has 0 N–H and O–H groups in total. The molecule has 0 saturated heterocycles. The molecular formula is C17H19NO2. The average molecular weight is 269 g/mol. The van der Waals surface area contributed by atoms with Gasteiger partial charge in [-0.05, 0) is 61.1 Å². The standard InChI is InChI=1S/C17H19NO2/c1-18-10-4-7-16(18)17(19)12-20-15-9-8-13-5-2-3-6-14(13)11-15/h4,7-11H,2-3,5-6,12H2,1H3. The van der Waals surface area contributed by atoms with Crippen molar-refractivity contribution >= 4 is 5.78 Å². The van der Waals surface area contributed by atoms with Crippen molar-refractivity contribution in [2.75, 3.05) is 6.61 Å². The highest BCUT2D eigenvalue weighted by Crippen LogP contribution is 2.25. The Morgan fingerprint density at radius 1 is 1.20 bits per heavy atom. The molecule has 3 heteroatoms. The van der Waals surface area contributed by atoms with Gasteiger partial charge in [0.05, 0.1) is 5.69 Å². The third kappa shape index (κ3) is 2.62. The van der Waals surface area contributed by atoms with Crippen molar-refractivity contribution in [2.24, 2.45) is 7.05 Å². The molecule has 0 unspecified atom stereocenters. The topological polar surface area (TPSA) is 31.2 Å². The van der Waals surface area contributed by atoms with Crippen molar-refractivity contribution in [3.05, 3.63) is 53.3 Å². The fourth-order valence-corrected chi connectivity index (χ4v) is 2.77. The van der Waals surface area contributed by atoms with E-state index in [2.05, 4.69) is 12.1 Å². The lowest BCUT2D eigenvalue weighted by Crippen LogP contribution is -2.15. The van der Waals surface area contributed by atoms with Gasteiger partial charge in [0.25, 0.3) is 0 Å². The van der Waals surface area contributed by atoms with Gasteiger partial charge in [0, 0.05) is 13.2 Å². The SMILES string of the molecule is Cn1cccc1C(=O)COc1ccc2c(c1)CCCC2. The molecule has 20 heavy (non-hydrogen) atoms. The van der Waals surface area contributed by atoms with E-state index in [0.29, 0.717) is 5.69 Å². The molecule has 0 bridgehead atoms. The Balaban J connectivity index is 1.67. The summed E-state index contributed by atoms with van der Waals surface area (Å²) in [7, 11) is 1.87. The first kappa shape index (κ1) is 13.0. The van der Waals surface area contributed by atoms with Gasteiger partial charge in [0.1, 0.15) is 5.75 Å². The monoisotopic (exact) mass is 269 g/mol. The summed E-state index contributed by atoms with van der Waals surface area (Å²) in [6.07, 6.45) is 6.68. The fourth-order valence-electron chi connectivity index (χ4n) is 2.77. The Morgan fingerprint density at radius 3 is 2.75 bits per heavy atom. The van der Waals surface area contributed by atoms with Crippen LogP contribution in [0.25, 0.3) is 0 Å². The minimum Gasteiger partial charge on any atom is -0.485 e. The number of hydrogen-bond acceptors (Lipinski definition) is 2. The van der Waals surface area contributed by atoms with Crippen LogP contribution < -0.4 is 4.74 Å². The van der Waals surface area contributed by atoms with E-state index in [0.717, 1.165) is 18.6 Å². The lowest BCUT2D eigenvalue weighted by atomic mass is 9.92. The Hall–Kier alpha value is -2.03. The average Bonchev–Trinajstić information content (AvgIpc) is 2.91. The molecule has 1 aliphatic rings. The van der Waals surface area contributed by atoms with Gasteiger partial charge < -0.3 is 9.30 Å². The third-order valence-electron chi connectivity index (χ3n) is 3.92. The normalized spacial score (nSPS) is 13.8. The predicted octanol–water partition coefficient (Wildman–Crippen LogP) is 3.17. The second-order valence-corrected chi connectivity index (χ2v) is 5.35. The van der Waals surface area contributed by atoms with Crippen molar-refractivity contribution in [1.29, 1.82) is 0 Å². The molecule has 2 aromatic rings. The van der Waals surface area contributed by atoms with Crippen LogP contribution in [-0.2, 0) is 19.9 Å². The van der Waals surface area contributed by atoms with Crippen LogP contribution in [0.4, 0.5) is 0 Å². The van der Waals surface area contributed by atoms with Crippen LogP contribution in [0, 0.1) is 0 Å². The number of aryl methyl sites for hydroxylation is 3. The zero-order valence-corrected chi connectivity index (χ0v) is 11.8. The van der Waals surface area contributed by atoms with Gasteiger partial charge >= 0.3 is 0 Å². The quantitative estimate of drug-likeness (QED) is 0.798. The van der Waals surface area contributed by atoms with Crippen LogP contribution in [0.5, 0.6) is 5.75 Å². The maximum atomic E-state index is 12.0. The first-order chi connectivity index (χ1) is 9.74. The van der Waals surface area contributed by atoms with Gasteiger partial charge in [-0.1, -0.05) is 6.07 Å². The predicted molar refractivity (Wildman–Crippen MR) is 78.3 cm³/mol. The largest absolute Gasteiger partial charge is 0.485 e. The number of ketones is 1. The van der Waals surface area contributed by atoms with Gasteiger partial charge in [-0.2, -0.15) is 0 Å². The summed E-state index contributed by atoms with van der Waals surface area (Å²) in [6, 6.07) is 9.89. The Morgan fingerprint density at radius 2 is 2.00 bits per heavy atom. The maximum absolute atomic E-state index is 12.0. The number of hydrogen-bond donors (Lipinski definition) is 0. The number of fused-ring (bicyclic) bond motifs is 1. The molecular weight excluding hydrogens is 250 g/mol. The molecule has 0 spiro atoms. The van der Waals surface area contributed by atoms with E-state index in [1.807, 2.05) is 36.0 Å². The van der Waals surface area contributed by atoms with E-state index in [4.69, 9.17) is 4.74 Å². The van der Waals surface area contributed by atoms with Gasteiger partial charge in [0.15, 0.2) is 6.61 Å². The first-order valence-electron chi connectivity index (χ1n) is 7.13. The van der Waals surface area contributed by atoms with E-state index < -0.39 is 0 Å². The zero-order valence-electron chi connectivity index (χ0n) is 11.8. The molecule has 104 valence electrons. The Bertz CT molecular complexity index is 628. The third-order valence-corrected chi connectivity index (χ3v) is 3.92. The molecule has 3 rings (SSSR count). The smallest absolute Gasteiger partial charge is 0.216 e. The summed E-state index contributed by atoms with van der Waals surface area (Å²) < 4.78 is 7.47. The number of carbonyl (C=O) groups is 1. The van der Waals surface area contributed by atoms with Crippen molar-refractivity contribution < 1.29 is 9.53 Å². The highest BCUT2D eigenvalue weighted by atomic mass is 16.5. The van der Waals surface area contributed by atoms with Crippen molar-refractivity contribution in [1.82, 2.24) is 4.57 Å². The van der Waals surface area contributed by atoms with Crippen molar-refractivity contribution in [3.63, 3.8) is 0 Å². The number of rotatable bonds is 4. The highest BCUT2D eigenvalue weighted by Gasteiger charge is 2.12. The number of carbonyl (C=O) groups excluding carboxylic acids is 1. The summed E-state index contributed by atoms with van der Waals surface area (Å²) >= 11 is 0. The molecule has 1 aliphatic carbocycles. The summed E-state index contributed by atoms with van der Waals surface area (Å²) in [5, 5.41) is 0. The molecule has 0 aliphatic heterocycles. The van der Waals surface area contributed by atoms with Crippen LogP contribution in [0.2, 0.25) is 0 Å². The Labute approximate surface area is 119 Å². The zero-order chi connectivity index (χ0) is 13.9. The minimum atomic E-state index is 0.00946.